The number of nitrogens with one attached hydrogen (secondary N) is 2. The fourth-order valence-corrected chi connectivity index (χ4v) is 2.91. The van der Waals surface area contributed by atoms with Crippen LogP contribution in [-0.4, -0.2) is 37.9 Å². The van der Waals surface area contributed by atoms with E-state index in [-0.39, 0.29) is 48.2 Å². The molecular formula is C20H35FIN3O2. The van der Waals surface area contributed by atoms with E-state index in [0.717, 1.165) is 24.9 Å². The predicted octanol–water partition coefficient (Wildman–Crippen LogP) is 4.11. The summed E-state index contributed by atoms with van der Waals surface area (Å²) >= 11 is 0. The summed E-state index contributed by atoms with van der Waals surface area (Å²) in [4.78, 5) is 4.67. The number of hydrogen-bond acceptors (Lipinski definition) is 3. The number of methoxy groups -OCH3 is 1. The molecule has 0 aliphatic heterocycles. The van der Waals surface area contributed by atoms with E-state index in [0.29, 0.717) is 24.3 Å². The highest BCUT2D eigenvalue weighted by molar-refractivity contribution is 14.0. The zero-order chi connectivity index (χ0) is 19.5. The van der Waals surface area contributed by atoms with Crippen molar-refractivity contribution in [2.75, 3.05) is 26.8 Å². The maximum Gasteiger partial charge on any atom is 0.191 e. The van der Waals surface area contributed by atoms with Gasteiger partial charge >= 0.3 is 0 Å². The van der Waals surface area contributed by atoms with Gasteiger partial charge in [-0.05, 0) is 56.2 Å². The molecule has 0 aliphatic carbocycles. The van der Waals surface area contributed by atoms with Crippen LogP contribution >= 0.6 is 24.0 Å². The number of aliphatic hydroxyl groups is 1. The monoisotopic (exact) mass is 495 g/mol. The number of hydrogen-bond donors (Lipinski definition) is 3. The van der Waals surface area contributed by atoms with Gasteiger partial charge < -0.3 is 20.5 Å². The van der Waals surface area contributed by atoms with Gasteiger partial charge in [-0.15, -0.1) is 24.0 Å². The third-order valence-electron chi connectivity index (χ3n) is 4.22. The lowest BCUT2D eigenvalue weighted by Gasteiger charge is -2.20. The molecule has 7 heteroatoms. The molecule has 0 aromatic heterocycles. The van der Waals surface area contributed by atoms with E-state index in [4.69, 9.17) is 4.74 Å². The third-order valence-corrected chi connectivity index (χ3v) is 4.22. The van der Waals surface area contributed by atoms with E-state index in [1.807, 2.05) is 19.9 Å². The minimum atomic E-state index is -0.375. The minimum absolute atomic E-state index is 0. The molecular weight excluding hydrogens is 460 g/mol. The largest absolute Gasteiger partial charge is 0.494 e. The molecule has 1 aromatic carbocycles. The Morgan fingerprint density at radius 2 is 2.00 bits per heavy atom. The number of nitrogens with zero attached hydrogens (tertiary/aromatic N) is 1. The first-order valence-electron chi connectivity index (χ1n) is 9.40. The van der Waals surface area contributed by atoms with Gasteiger partial charge in [0.1, 0.15) is 0 Å². The molecule has 3 N–H and O–H groups in total. The number of rotatable bonds is 10. The zero-order valence-corrected chi connectivity index (χ0v) is 19.4. The van der Waals surface area contributed by atoms with Crippen LogP contribution in [0.25, 0.3) is 0 Å². The average molecular weight is 495 g/mol. The molecule has 0 heterocycles. The molecule has 0 bridgehead atoms. The lowest BCUT2D eigenvalue weighted by molar-refractivity contribution is 0.245. The summed E-state index contributed by atoms with van der Waals surface area (Å²) in [6, 6.07) is 4.85. The first-order valence-corrected chi connectivity index (χ1v) is 9.40. The van der Waals surface area contributed by atoms with Gasteiger partial charge in [0, 0.05) is 19.7 Å². The minimum Gasteiger partial charge on any atom is -0.494 e. The standard InChI is InChI=1S/C20H34FN3O2.HI/c1-6-22-20(23-13-16(9-10-25)11-14(2)3)24-15(4)17-7-8-19(26-5)18(21)12-17;/h7-8,12,14-16,25H,6,9-11,13H2,1-5H3,(H2,22,23,24);1H. The Kier molecular flexibility index (Phi) is 13.4. The van der Waals surface area contributed by atoms with E-state index in [1.165, 1.54) is 13.2 Å². The molecule has 5 nitrogen and oxygen atoms in total. The van der Waals surface area contributed by atoms with Crippen LogP contribution in [0.1, 0.15) is 52.1 Å². The van der Waals surface area contributed by atoms with Crippen LogP contribution in [0, 0.1) is 17.7 Å². The SMILES string of the molecule is CCNC(=NCC(CCO)CC(C)C)NC(C)c1ccc(OC)c(F)c1.I. The molecule has 1 aromatic rings. The molecule has 156 valence electrons. The normalized spacial score (nSPS) is 13.7. The summed E-state index contributed by atoms with van der Waals surface area (Å²) in [5.74, 6) is 1.48. The molecule has 0 aliphatic rings. The first kappa shape index (κ1) is 25.9. The number of guanidine groups is 1. The fraction of sp³-hybridized carbons (Fsp3) is 0.650. The number of halogens is 2. The van der Waals surface area contributed by atoms with Crippen LogP contribution in [0.2, 0.25) is 0 Å². The fourth-order valence-electron chi connectivity index (χ4n) is 2.91. The van der Waals surface area contributed by atoms with Gasteiger partial charge in [-0.25, -0.2) is 4.39 Å². The Morgan fingerprint density at radius 1 is 1.30 bits per heavy atom. The lowest BCUT2D eigenvalue weighted by atomic mass is 9.94. The Labute approximate surface area is 180 Å². The molecule has 0 saturated heterocycles. The molecule has 0 spiro atoms. The van der Waals surface area contributed by atoms with Gasteiger partial charge in [0.15, 0.2) is 17.5 Å². The topological polar surface area (TPSA) is 65.9 Å². The lowest BCUT2D eigenvalue weighted by Crippen LogP contribution is -2.39. The second-order valence-electron chi connectivity index (χ2n) is 6.99. The van der Waals surface area contributed by atoms with Gasteiger partial charge in [0.25, 0.3) is 0 Å². The zero-order valence-electron chi connectivity index (χ0n) is 17.1. The van der Waals surface area contributed by atoms with Gasteiger partial charge in [-0.1, -0.05) is 19.9 Å². The predicted molar refractivity (Wildman–Crippen MR) is 121 cm³/mol. The highest BCUT2D eigenvalue weighted by atomic mass is 127. The van der Waals surface area contributed by atoms with Crippen molar-refractivity contribution in [3.8, 4) is 5.75 Å². The van der Waals surface area contributed by atoms with E-state index in [1.54, 1.807) is 6.07 Å². The van der Waals surface area contributed by atoms with Crippen molar-refractivity contribution in [1.82, 2.24) is 10.6 Å². The maximum absolute atomic E-state index is 13.9. The van der Waals surface area contributed by atoms with E-state index < -0.39 is 0 Å². The summed E-state index contributed by atoms with van der Waals surface area (Å²) in [5, 5.41) is 15.8. The molecule has 2 atom stereocenters. The van der Waals surface area contributed by atoms with Crippen molar-refractivity contribution in [2.45, 2.75) is 46.6 Å². The van der Waals surface area contributed by atoms with E-state index in [2.05, 4.69) is 29.5 Å². The van der Waals surface area contributed by atoms with Crippen molar-refractivity contribution < 1.29 is 14.2 Å². The summed E-state index contributed by atoms with van der Waals surface area (Å²) in [6.45, 7) is 9.90. The van der Waals surface area contributed by atoms with Gasteiger partial charge in [-0.2, -0.15) is 0 Å². The van der Waals surface area contributed by atoms with Gasteiger partial charge in [0.05, 0.1) is 13.2 Å². The highest BCUT2D eigenvalue weighted by Crippen LogP contribution is 2.21. The van der Waals surface area contributed by atoms with Gasteiger partial charge in [0.2, 0.25) is 0 Å². The van der Waals surface area contributed by atoms with Crippen LogP contribution in [-0.2, 0) is 0 Å². The third kappa shape index (κ3) is 9.60. The summed E-state index contributed by atoms with van der Waals surface area (Å²) in [6.07, 6.45) is 1.78. The number of aliphatic hydroxyl groups excluding tert-OH is 1. The van der Waals surface area contributed by atoms with Crippen LogP contribution in [0.15, 0.2) is 23.2 Å². The molecule has 2 unspecified atom stereocenters. The van der Waals surface area contributed by atoms with Crippen LogP contribution in [0.4, 0.5) is 4.39 Å². The summed E-state index contributed by atoms with van der Waals surface area (Å²) < 4.78 is 18.9. The summed E-state index contributed by atoms with van der Waals surface area (Å²) in [5.41, 5.74) is 0.822. The van der Waals surface area contributed by atoms with Crippen LogP contribution in [0.3, 0.4) is 0 Å². The van der Waals surface area contributed by atoms with E-state index >= 15 is 0 Å². The number of aliphatic imine (C=N–C) groups is 1. The van der Waals surface area contributed by atoms with Crippen molar-refractivity contribution in [1.29, 1.82) is 0 Å². The molecule has 0 saturated carbocycles. The van der Waals surface area contributed by atoms with Crippen LogP contribution in [0.5, 0.6) is 5.75 Å². The highest BCUT2D eigenvalue weighted by Gasteiger charge is 2.13. The molecule has 0 fully saturated rings. The van der Waals surface area contributed by atoms with Crippen molar-refractivity contribution in [2.24, 2.45) is 16.8 Å². The van der Waals surface area contributed by atoms with E-state index in [9.17, 15) is 9.50 Å². The van der Waals surface area contributed by atoms with Crippen molar-refractivity contribution in [3.63, 3.8) is 0 Å². The number of benzene rings is 1. The number of ether oxygens (including phenoxy) is 1. The Hall–Kier alpha value is -1.09. The molecule has 27 heavy (non-hydrogen) atoms. The Bertz CT molecular complexity index is 570. The second kappa shape index (κ2) is 14.0. The Balaban J connectivity index is 0.00000676. The first-order chi connectivity index (χ1) is 12.4. The van der Waals surface area contributed by atoms with Crippen LogP contribution < -0.4 is 15.4 Å². The van der Waals surface area contributed by atoms with Gasteiger partial charge in [-0.3, -0.25) is 4.99 Å². The summed E-state index contributed by atoms with van der Waals surface area (Å²) in [7, 11) is 1.45. The molecule has 0 amide bonds. The van der Waals surface area contributed by atoms with Crippen molar-refractivity contribution >= 4 is 29.9 Å². The average Bonchev–Trinajstić information content (AvgIpc) is 2.59. The second-order valence-corrected chi connectivity index (χ2v) is 6.99. The quantitative estimate of drug-likeness (QED) is 0.260. The smallest absolute Gasteiger partial charge is 0.191 e. The van der Waals surface area contributed by atoms with Crippen molar-refractivity contribution in [3.05, 3.63) is 29.6 Å². The molecule has 0 radical (unpaired) electrons. The maximum atomic E-state index is 13.9. The molecule has 1 rings (SSSR count). The Morgan fingerprint density at radius 3 is 2.52 bits per heavy atom.